The van der Waals surface area contributed by atoms with Crippen molar-refractivity contribution < 1.29 is 14.3 Å². The van der Waals surface area contributed by atoms with Gasteiger partial charge in [-0.3, -0.25) is 4.79 Å². The van der Waals surface area contributed by atoms with Crippen molar-refractivity contribution in [2.75, 3.05) is 24.4 Å². The Morgan fingerprint density at radius 3 is 2.52 bits per heavy atom. The van der Waals surface area contributed by atoms with E-state index >= 15 is 0 Å². The molecular weight excluding hydrogens is 342 g/mol. The Morgan fingerprint density at radius 2 is 1.78 bits per heavy atom. The topological polar surface area (TPSA) is 72.5 Å². The third-order valence-electron chi connectivity index (χ3n) is 3.76. The Hall–Kier alpha value is -3.54. The molecule has 1 heterocycles. The lowest BCUT2D eigenvalue weighted by molar-refractivity contribution is -0.116. The van der Waals surface area contributed by atoms with Crippen molar-refractivity contribution in [1.82, 2.24) is 4.98 Å². The number of pyridine rings is 1. The van der Waals surface area contributed by atoms with Crippen LogP contribution in [-0.4, -0.2) is 24.6 Å². The lowest BCUT2D eigenvalue weighted by atomic mass is 10.3. The maximum absolute atomic E-state index is 12.0. The first-order valence-corrected chi connectivity index (χ1v) is 8.58. The van der Waals surface area contributed by atoms with Crippen LogP contribution in [-0.2, 0) is 4.79 Å². The number of ether oxygens (including phenoxy) is 2. The lowest BCUT2D eigenvalue weighted by Gasteiger charge is -2.11. The molecule has 27 heavy (non-hydrogen) atoms. The molecule has 3 aromatic rings. The van der Waals surface area contributed by atoms with Gasteiger partial charge in [0.2, 0.25) is 5.91 Å². The Balaban J connectivity index is 1.49. The van der Waals surface area contributed by atoms with E-state index in [1.807, 2.05) is 54.6 Å². The standard InChI is InChI=1S/C21H21N3O3/c1-26-19-10-6-5-9-18(19)24-20-12-11-16(15-22-20)23-21(25)13-14-27-17-7-3-2-4-8-17/h2-12,15H,13-14H2,1H3,(H,22,24)(H,23,25). The number of benzene rings is 2. The summed E-state index contributed by atoms with van der Waals surface area (Å²) in [6.45, 7) is 0.316. The van der Waals surface area contributed by atoms with Gasteiger partial charge >= 0.3 is 0 Å². The highest BCUT2D eigenvalue weighted by molar-refractivity contribution is 5.90. The Bertz CT molecular complexity index is 867. The van der Waals surface area contributed by atoms with Gasteiger partial charge in [-0.15, -0.1) is 0 Å². The first-order chi connectivity index (χ1) is 13.2. The van der Waals surface area contributed by atoms with E-state index < -0.39 is 0 Å². The molecule has 6 heteroatoms. The summed E-state index contributed by atoms with van der Waals surface area (Å²) in [5, 5.41) is 6.00. The number of anilines is 3. The smallest absolute Gasteiger partial charge is 0.227 e. The third kappa shape index (κ3) is 5.47. The van der Waals surface area contributed by atoms with Crippen molar-refractivity contribution in [2.24, 2.45) is 0 Å². The number of para-hydroxylation sites is 3. The summed E-state index contributed by atoms with van der Waals surface area (Å²) < 4.78 is 10.8. The first-order valence-electron chi connectivity index (χ1n) is 8.58. The van der Waals surface area contributed by atoms with Gasteiger partial charge in [0.25, 0.3) is 0 Å². The fourth-order valence-electron chi connectivity index (χ4n) is 2.43. The highest BCUT2D eigenvalue weighted by atomic mass is 16.5. The SMILES string of the molecule is COc1ccccc1Nc1ccc(NC(=O)CCOc2ccccc2)cn1. The summed E-state index contributed by atoms with van der Waals surface area (Å²) in [5.74, 6) is 2.01. The molecule has 2 aromatic carbocycles. The molecule has 1 aromatic heterocycles. The van der Waals surface area contributed by atoms with Gasteiger partial charge in [0, 0.05) is 0 Å². The number of carbonyl (C=O) groups is 1. The number of nitrogens with zero attached hydrogens (tertiary/aromatic N) is 1. The maximum atomic E-state index is 12.0. The van der Waals surface area contributed by atoms with Crippen LogP contribution in [0.1, 0.15) is 6.42 Å². The number of hydrogen-bond donors (Lipinski definition) is 2. The summed E-state index contributed by atoms with van der Waals surface area (Å²) in [4.78, 5) is 16.3. The molecule has 138 valence electrons. The van der Waals surface area contributed by atoms with Crippen LogP contribution in [0.3, 0.4) is 0 Å². The summed E-state index contributed by atoms with van der Waals surface area (Å²) >= 11 is 0. The zero-order valence-electron chi connectivity index (χ0n) is 15.0. The Labute approximate surface area is 158 Å². The molecule has 0 bridgehead atoms. The fourth-order valence-corrected chi connectivity index (χ4v) is 2.43. The molecule has 1 amide bonds. The molecule has 3 rings (SSSR count). The van der Waals surface area contributed by atoms with E-state index in [0.717, 1.165) is 17.2 Å². The maximum Gasteiger partial charge on any atom is 0.227 e. The highest BCUT2D eigenvalue weighted by Crippen LogP contribution is 2.26. The predicted octanol–water partition coefficient (Wildman–Crippen LogP) is 4.24. The second-order valence-corrected chi connectivity index (χ2v) is 5.72. The third-order valence-corrected chi connectivity index (χ3v) is 3.76. The number of carbonyl (C=O) groups excluding carboxylic acids is 1. The molecule has 0 radical (unpaired) electrons. The quantitative estimate of drug-likeness (QED) is 0.626. The van der Waals surface area contributed by atoms with Gasteiger partial charge in [-0.25, -0.2) is 4.98 Å². The van der Waals surface area contributed by atoms with E-state index in [2.05, 4.69) is 15.6 Å². The summed E-state index contributed by atoms with van der Waals surface area (Å²) in [7, 11) is 1.62. The second-order valence-electron chi connectivity index (χ2n) is 5.72. The van der Waals surface area contributed by atoms with E-state index in [1.54, 1.807) is 25.4 Å². The van der Waals surface area contributed by atoms with E-state index in [9.17, 15) is 4.79 Å². The Kier molecular flexibility index (Phi) is 6.25. The minimum atomic E-state index is -0.127. The molecule has 0 unspecified atom stereocenters. The van der Waals surface area contributed by atoms with Crippen LogP contribution in [0.5, 0.6) is 11.5 Å². The lowest BCUT2D eigenvalue weighted by Crippen LogP contribution is -2.15. The van der Waals surface area contributed by atoms with Crippen LogP contribution in [0.15, 0.2) is 72.9 Å². The van der Waals surface area contributed by atoms with E-state index in [-0.39, 0.29) is 12.3 Å². The number of rotatable bonds is 8. The number of nitrogens with one attached hydrogen (secondary N) is 2. The molecule has 0 spiro atoms. The molecular formula is C21H21N3O3. The van der Waals surface area contributed by atoms with Gasteiger partial charge in [-0.05, 0) is 36.4 Å². The van der Waals surface area contributed by atoms with Crippen molar-refractivity contribution in [3.05, 3.63) is 72.9 Å². The fraction of sp³-hybridized carbons (Fsp3) is 0.143. The molecule has 0 atom stereocenters. The van der Waals surface area contributed by atoms with Crippen molar-refractivity contribution in [3.63, 3.8) is 0 Å². The number of methoxy groups -OCH3 is 1. The summed E-state index contributed by atoms with van der Waals surface area (Å²) in [6.07, 6.45) is 1.86. The number of aromatic nitrogens is 1. The van der Waals surface area contributed by atoms with Crippen molar-refractivity contribution in [3.8, 4) is 11.5 Å². The predicted molar refractivity (Wildman–Crippen MR) is 106 cm³/mol. The molecule has 2 N–H and O–H groups in total. The van der Waals surface area contributed by atoms with Gasteiger partial charge in [-0.1, -0.05) is 30.3 Å². The molecule has 0 saturated heterocycles. The van der Waals surface area contributed by atoms with Gasteiger partial charge in [0.15, 0.2) is 0 Å². The van der Waals surface area contributed by atoms with Crippen LogP contribution in [0, 0.1) is 0 Å². The monoisotopic (exact) mass is 363 g/mol. The van der Waals surface area contributed by atoms with Crippen LogP contribution < -0.4 is 20.1 Å². The van der Waals surface area contributed by atoms with E-state index in [1.165, 1.54) is 0 Å². The average molecular weight is 363 g/mol. The molecule has 0 fully saturated rings. The zero-order chi connectivity index (χ0) is 18.9. The van der Waals surface area contributed by atoms with Crippen molar-refractivity contribution >= 4 is 23.1 Å². The number of hydrogen-bond acceptors (Lipinski definition) is 5. The molecule has 0 aliphatic heterocycles. The van der Waals surface area contributed by atoms with Crippen molar-refractivity contribution in [1.29, 1.82) is 0 Å². The summed E-state index contributed by atoms with van der Waals surface area (Å²) in [6, 6.07) is 20.6. The first kappa shape index (κ1) is 18.3. The molecule has 0 aliphatic carbocycles. The Morgan fingerprint density at radius 1 is 1.00 bits per heavy atom. The molecule has 0 aliphatic rings. The number of amides is 1. The van der Waals surface area contributed by atoms with Crippen LogP contribution in [0.25, 0.3) is 0 Å². The largest absolute Gasteiger partial charge is 0.495 e. The van der Waals surface area contributed by atoms with E-state index in [0.29, 0.717) is 18.1 Å². The minimum Gasteiger partial charge on any atom is -0.495 e. The normalized spacial score (nSPS) is 10.1. The van der Waals surface area contributed by atoms with Crippen molar-refractivity contribution in [2.45, 2.75) is 6.42 Å². The summed E-state index contributed by atoms with van der Waals surface area (Å²) in [5.41, 5.74) is 1.45. The van der Waals surface area contributed by atoms with Crippen LogP contribution in [0.2, 0.25) is 0 Å². The minimum absolute atomic E-state index is 0.127. The molecule has 6 nitrogen and oxygen atoms in total. The highest BCUT2D eigenvalue weighted by Gasteiger charge is 2.05. The van der Waals surface area contributed by atoms with Crippen LogP contribution in [0.4, 0.5) is 17.2 Å². The molecule has 0 saturated carbocycles. The van der Waals surface area contributed by atoms with Gasteiger partial charge in [0.05, 0.1) is 37.7 Å². The van der Waals surface area contributed by atoms with Gasteiger partial charge < -0.3 is 20.1 Å². The zero-order valence-corrected chi connectivity index (χ0v) is 15.0. The van der Waals surface area contributed by atoms with Crippen LogP contribution >= 0.6 is 0 Å². The second kappa shape index (κ2) is 9.24. The van der Waals surface area contributed by atoms with Gasteiger partial charge in [0.1, 0.15) is 17.3 Å². The van der Waals surface area contributed by atoms with E-state index in [4.69, 9.17) is 9.47 Å². The average Bonchev–Trinajstić information content (AvgIpc) is 2.71. The van der Waals surface area contributed by atoms with Gasteiger partial charge in [-0.2, -0.15) is 0 Å².